The molecule has 5 nitrogen and oxygen atoms in total. The lowest BCUT2D eigenvalue weighted by atomic mass is 10.1. The van der Waals surface area contributed by atoms with Crippen molar-refractivity contribution >= 4 is 5.69 Å². The molecule has 3 saturated heterocycles. The maximum absolute atomic E-state index is 5.74. The predicted molar refractivity (Wildman–Crippen MR) is 78.1 cm³/mol. The first kappa shape index (κ1) is 13.4. The molecular formula is C16H21NO4. The number of hydrogen-bond acceptors (Lipinski definition) is 5. The van der Waals surface area contributed by atoms with Gasteiger partial charge < -0.3 is 23.8 Å². The number of anilines is 1. The van der Waals surface area contributed by atoms with Crippen LogP contribution in [0.25, 0.3) is 0 Å². The first-order valence-electron chi connectivity index (χ1n) is 7.61. The highest BCUT2D eigenvalue weighted by molar-refractivity contribution is 5.56. The van der Waals surface area contributed by atoms with Crippen LogP contribution in [0, 0.1) is 6.92 Å². The van der Waals surface area contributed by atoms with E-state index >= 15 is 0 Å². The van der Waals surface area contributed by atoms with Crippen molar-refractivity contribution in [2.24, 2.45) is 0 Å². The molecule has 3 atom stereocenters. The highest BCUT2D eigenvalue weighted by Gasteiger charge is 2.31. The van der Waals surface area contributed by atoms with Gasteiger partial charge in [0.15, 0.2) is 0 Å². The molecule has 0 unspecified atom stereocenters. The molecule has 0 aromatic heterocycles. The molecule has 21 heavy (non-hydrogen) atoms. The average molecular weight is 291 g/mol. The van der Waals surface area contributed by atoms with Gasteiger partial charge in [0.25, 0.3) is 0 Å². The van der Waals surface area contributed by atoms with Crippen LogP contribution in [0.15, 0.2) is 18.2 Å². The van der Waals surface area contributed by atoms with E-state index in [1.54, 1.807) is 0 Å². The zero-order chi connectivity index (χ0) is 14.2. The molecule has 0 spiro atoms. The van der Waals surface area contributed by atoms with Crippen molar-refractivity contribution in [2.45, 2.75) is 25.2 Å². The Morgan fingerprint density at radius 1 is 1.05 bits per heavy atom. The fourth-order valence-electron chi connectivity index (χ4n) is 2.54. The van der Waals surface area contributed by atoms with Crippen LogP contribution >= 0.6 is 0 Å². The molecule has 3 heterocycles. The van der Waals surface area contributed by atoms with Crippen LogP contribution in [0.2, 0.25) is 0 Å². The van der Waals surface area contributed by atoms with Crippen molar-refractivity contribution in [3.8, 4) is 5.75 Å². The van der Waals surface area contributed by atoms with Crippen LogP contribution in [0.1, 0.15) is 5.56 Å². The third-order valence-electron chi connectivity index (χ3n) is 4.00. The number of aryl methyl sites for hydroxylation is 1. The van der Waals surface area contributed by atoms with Gasteiger partial charge in [-0.1, -0.05) is 0 Å². The summed E-state index contributed by atoms with van der Waals surface area (Å²) in [5, 5.41) is 0. The Kier molecular flexibility index (Phi) is 3.49. The topological polar surface area (TPSA) is 50.1 Å². The van der Waals surface area contributed by atoms with E-state index in [9.17, 15) is 0 Å². The third-order valence-corrected chi connectivity index (χ3v) is 4.00. The Morgan fingerprint density at radius 3 is 2.19 bits per heavy atom. The molecule has 5 heteroatoms. The summed E-state index contributed by atoms with van der Waals surface area (Å²) in [7, 11) is 0. The molecule has 114 valence electrons. The van der Waals surface area contributed by atoms with E-state index in [1.807, 2.05) is 6.07 Å². The van der Waals surface area contributed by atoms with Crippen LogP contribution in [-0.2, 0) is 14.2 Å². The molecule has 3 fully saturated rings. The molecule has 1 aromatic rings. The van der Waals surface area contributed by atoms with Gasteiger partial charge in [-0.15, -0.1) is 0 Å². The molecule has 0 bridgehead atoms. The van der Waals surface area contributed by atoms with Gasteiger partial charge in [-0.2, -0.15) is 0 Å². The Hall–Kier alpha value is -1.30. The molecule has 0 aliphatic carbocycles. The number of benzene rings is 1. The number of epoxide rings is 3. The highest BCUT2D eigenvalue weighted by Crippen LogP contribution is 2.28. The van der Waals surface area contributed by atoms with Crippen LogP contribution < -0.4 is 9.64 Å². The van der Waals surface area contributed by atoms with E-state index < -0.39 is 0 Å². The second-order valence-electron chi connectivity index (χ2n) is 6.03. The molecule has 3 aliphatic rings. The fourth-order valence-corrected chi connectivity index (χ4v) is 2.54. The zero-order valence-corrected chi connectivity index (χ0v) is 12.3. The average Bonchev–Trinajstić information content (AvgIpc) is 3.33. The van der Waals surface area contributed by atoms with Crippen molar-refractivity contribution < 1.29 is 18.9 Å². The number of hydrogen-bond donors (Lipinski definition) is 0. The van der Waals surface area contributed by atoms with Crippen molar-refractivity contribution in [3.05, 3.63) is 23.8 Å². The summed E-state index contributed by atoms with van der Waals surface area (Å²) in [6.07, 6.45) is 1.05. The third kappa shape index (κ3) is 3.67. The van der Waals surface area contributed by atoms with Crippen molar-refractivity contribution in [1.82, 2.24) is 0 Å². The van der Waals surface area contributed by atoms with Gasteiger partial charge in [0.05, 0.1) is 32.0 Å². The minimum absolute atomic E-state index is 0.292. The Labute approximate surface area is 124 Å². The quantitative estimate of drug-likeness (QED) is 0.677. The number of nitrogens with zero attached hydrogens (tertiary/aromatic N) is 1. The Balaban J connectivity index is 1.44. The molecule has 0 saturated carbocycles. The first-order chi connectivity index (χ1) is 10.3. The van der Waals surface area contributed by atoms with Crippen molar-refractivity contribution in [1.29, 1.82) is 0 Å². The molecule has 0 radical (unpaired) electrons. The van der Waals surface area contributed by atoms with Gasteiger partial charge in [0.1, 0.15) is 18.5 Å². The summed E-state index contributed by atoms with van der Waals surface area (Å²) in [5.74, 6) is 0.914. The van der Waals surface area contributed by atoms with Gasteiger partial charge in [-0.25, -0.2) is 0 Å². The van der Waals surface area contributed by atoms with E-state index in [-0.39, 0.29) is 0 Å². The minimum Gasteiger partial charge on any atom is -0.491 e. The molecular weight excluding hydrogens is 270 g/mol. The van der Waals surface area contributed by atoms with Crippen LogP contribution in [0.4, 0.5) is 5.69 Å². The predicted octanol–water partition coefficient (Wildman–Crippen LogP) is 1.38. The summed E-state index contributed by atoms with van der Waals surface area (Å²) < 4.78 is 21.7. The normalized spacial score (nSPS) is 29.1. The SMILES string of the molecule is Cc1cc(OC[C@@H]2CO2)ccc1N(C[C@H]1CO1)C[C@@H]1CO1. The summed E-state index contributed by atoms with van der Waals surface area (Å²) in [6.45, 7) is 7.24. The number of ether oxygens (including phenoxy) is 4. The second kappa shape index (κ2) is 5.48. The lowest BCUT2D eigenvalue weighted by Crippen LogP contribution is -2.32. The summed E-state index contributed by atoms with van der Waals surface area (Å²) in [5.41, 5.74) is 2.47. The summed E-state index contributed by atoms with van der Waals surface area (Å²) in [6, 6.07) is 6.29. The monoisotopic (exact) mass is 291 g/mol. The number of rotatable bonds is 8. The van der Waals surface area contributed by atoms with Gasteiger partial charge in [0, 0.05) is 18.8 Å². The van der Waals surface area contributed by atoms with Crippen molar-refractivity contribution in [3.63, 3.8) is 0 Å². The van der Waals surface area contributed by atoms with E-state index in [1.165, 1.54) is 11.3 Å². The first-order valence-corrected chi connectivity index (χ1v) is 7.61. The lowest BCUT2D eigenvalue weighted by Gasteiger charge is -2.25. The maximum atomic E-state index is 5.74. The zero-order valence-electron chi connectivity index (χ0n) is 12.3. The minimum atomic E-state index is 0.292. The molecule has 1 aromatic carbocycles. The van der Waals surface area contributed by atoms with E-state index in [0.29, 0.717) is 24.9 Å². The van der Waals surface area contributed by atoms with Gasteiger partial charge in [0.2, 0.25) is 0 Å². The van der Waals surface area contributed by atoms with Crippen LogP contribution in [0.5, 0.6) is 5.75 Å². The maximum Gasteiger partial charge on any atom is 0.119 e. The van der Waals surface area contributed by atoms with E-state index in [4.69, 9.17) is 18.9 Å². The Bertz CT molecular complexity index is 495. The van der Waals surface area contributed by atoms with E-state index in [2.05, 4.69) is 24.0 Å². The van der Waals surface area contributed by atoms with Crippen LogP contribution in [-0.4, -0.2) is 57.8 Å². The lowest BCUT2D eigenvalue weighted by molar-refractivity contribution is 0.263. The molecule has 0 amide bonds. The smallest absolute Gasteiger partial charge is 0.119 e. The summed E-state index contributed by atoms with van der Waals surface area (Å²) >= 11 is 0. The largest absolute Gasteiger partial charge is 0.491 e. The standard InChI is InChI=1S/C16H21NO4/c1-11-4-12(18-9-15-10-21-15)2-3-16(11)17(5-13-7-19-13)6-14-8-20-14/h2-4,13-15H,5-10H2,1H3/t13-,14+,15-/m1/s1. The van der Waals surface area contributed by atoms with Crippen molar-refractivity contribution in [2.75, 3.05) is 44.4 Å². The van der Waals surface area contributed by atoms with Gasteiger partial charge >= 0.3 is 0 Å². The highest BCUT2D eigenvalue weighted by atomic mass is 16.6. The molecule has 0 N–H and O–H groups in total. The second-order valence-corrected chi connectivity index (χ2v) is 6.03. The molecule has 4 rings (SSSR count). The van der Waals surface area contributed by atoms with Gasteiger partial charge in [-0.3, -0.25) is 0 Å². The van der Waals surface area contributed by atoms with Gasteiger partial charge in [-0.05, 0) is 30.7 Å². The fraction of sp³-hybridized carbons (Fsp3) is 0.625. The van der Waals surface area contributed by atoms with Crippen LogP contribution in [0.3, 0.4) is 0 Å². The summed E-state index contributed by atoms with van der Waals surface area (Å²) in [4.78, 5) is 2.37. The molecule has 3 aliphatic heterocycles. The van der Waals surface area contributed by atoms with E-state index in [0.717, 1.165) is 38.7 Å². The Morgan fingerprint density at radius 2 is 1.67 bits per heavy atom.